The molecule has 0 spiro atoms. The molecule has 0 amide bonds. The molecule has 0 radical (unpaired) electrons. The van der Waals surface area contributed by atoms with E-state index in [0.29, 0.717) is 33.2 Å². The van der Waals surface area contributed by atoms with Crippen molar-refractivity contribution < 1.29 is 0 Å². The van der Waals surface area contributed by atoms with Crippen molar-refractivity contribution >= 4 is 60.5 Å². The largest absolute Gasteiger partial charge is 0.303 e. The maximum atomic E-state index is 8.89. The Morgan fingerprint density at radius 2 is 1.00 bits per heavy atom. The van der Waals surface area contributed by atoms with Gasteiger partial charge in [-0.05, 0) is 55.2 Å². The molecular weight excluding hydrogens is 645 g/mol. The van der Waals surface area contributed by atoms with E-state index < -0.39 is 0 Å². The van der Waals surface area contributed by atoms with Gasteiger partial charge in [0.2, 0.25) is 0 Å². The van der Waals surface area contributed by atoms with Crippen molar-refractivity contribution in [2.45, 2.75) is 5.37 Å². The lowest BCUT2D eigenvalue weighted by atomic mass is 10.1. The van der Waals surface area contributed by atoms with Crippen LogP contribution >= 0.6 is 23.5 Å². The molecule has 7 aromatic rings. The van der Waals surface area contributed by atoms with Crippen LogP contribution in [0.1, 0.15) is 28.1 Å². The molecule has 7 rings (SSSR count). The van der Waals surface area contributed by atoms with Crippen LogP contribution in [0.15, 0.2) is 133 Å². The van der Waals surface area contributed by atoms with E-state index in [9.17, 15) is 0 Å². The summed E-state index contributed by atoms with van der Waals surface area (Å²) in [6.07, 6.45) is 0. The van der Waals surface area contributed by atoms with Crippen LogP contribution in [0.5, 0.6) is 0 Å². The Kier molecular flexibility index (Phi) is 9.34. The second-order valence-electron chi connectivity index (χ2n) is 11.1. The molecule has 0 saturated carbocycles. The van der Waals surface area contributed by atoms with Gasteiger partial charge in [-0.2, -0.15) is 0 Å². The molecule has 0 aliphatic heterocycles. The van der Waals surface area contributed by atoms with Gasteiger partial charge >= 0.3 is 0 Å². The molecule has 49 heavy (non-hydrogen) atoms. The van der Waals surface area contributed by atoms with Gasteiger partial charge in [0.25, 0.3) is 0 Å². The van der Waals surface area contributed by atoms with E-state index >= 15 is 0 Å². The zero-order chi connectivity index (χ0) is 33.7. The van der Waals surface area contributed by atoms with E-state index in [1.165, 1.54) is 11.8 Å². The van der Waals surface area contributed by atoms with E-state index in [1.807, 2.05) is 128 Å². The van der Waals surface area contributed by atoms with Crippen LogP contribution < -0.4 is 5.32 Å². The number of thioether (sulfide) groups is 2. The van der Waals surface area contributed by atoms with E-state index in [0.717, 1.165) is 50.7 Å². The number of nitrogens with one attached hydrogen (secondary N) is 4. The van der Waals surface area contributed by atoms with Crippen LogP contribution in [-0.4, -0.2) is 42.1 Å². The number of pyridine rings is 4. The molecule has 10 heteroatoms. The highest BCUT2D eigenvalue weighted by Gasteiger charge is 2.19. The highest BCUT2D eigenvalue weighted by atomic mass is 32.2. The SMILES string of the molecule is CNC(SC(=N)c1cccc(-c2ccccc2)n1)c1ccc2ccc3ccc(C(=N)SC(=N)c4cccc(-c5ccccc5)n4)nc3c2n1. The summed E-state index contributed by atoms with van der Waals surface area (Å²) < 4.78 is 0. The van der Waals surface area contributed by atoms with E-state index in [-0.39, 0.29) is 15.5 Å². The summed E-state index contributed by atoms with van der Waals surface area (Å²) in [5, 5.41) is 31.9. The number of rotatable bonds is 8. The summed E-state index contributed by atoms with van der Waals surface area (Å²) in [6, 6.07) is 42.8. The molecule has 1 unspecified atom stereocenters. The Morgan fingerprint density at radius 3 is 1.57 bits per heavy atom. The lowest BCUT2D eigenvalue weighted by Crippen LogP contribution is -2.17. The van der Waals surface area contributed by atoms with Gasteiger partial charge in [-0.3, -0.25) is 16.2 Å². The van der Waals surface area contributed by atoms with Crippen molar-refractivity contribution in [2.24, 2.45) is 0 Å². The van der Waals surface area contributed by atoms with Crippen molar-refractivity contribution in [1.29, 1.82) is 16.2 Å². The molecule has 238 valence electrons. The van der Waals surface area contributed by atoms with Crippen molar-refractivity contribution in [3.05, 3.63) is 156 Å². The van der Waals surface area contributed by atoms with Crippen molar-refractivity contribution in [2.75, 3.05) is 7.05 Å². The second-order valence-corrected chi connectivity index (χ2v) is 13.2. The molecule has 0 bridgehead atoms. The Labute approximate surface area is 292 Å². The van der Waals surface area contributed by atoms with Crippen molar-refractivity contribution in [1.82, 2.24) is 25.3 Å². The fourth-order valence-electron chi connectivity index (χ4n) is 5.37. The summed E-state index contributed by atoms with van der Waals surface area (Å²) in [4.78, 5) is 19.4. The van der Waals surface area contributed by atoms with Crippen LogP contribution in [0.4, 0.5) is 0 Å². The quantitative estimate of drug-likeness (QED) is 0.0547. The summed E-state index contributed by atoms with van der Waals surface area (Å²) in [7, 11) is 1.85. The normalized spacial score (nSPS) is 11.8. The van der Waals surface area contributed by atoms with Crippen LogP contribution in [0.25, 0.3) is 44.3 Å². The smallest absolute Gasteiger partial charge is 0.119 e. The van der Waals surface area contributed by atoms with Gasteiger partial charge < -0.3 is 5.32 Å². The predicted molar refractivity (Wildman–Crippen MR) is 204 cm³/mol. The Bertz CT molecular complexity index is 2350. The highest BCUT2D eigenvalue weighted by Crippen LogP contribution is 2.32. The van der Waals surface area contributed by atoms with Gasteiger partial charge in [0.05, 0.1) is 45.2 Å². The zero-order valence-corrected chi connectivity index (χ0v) is 28.0. The van der Waals surface area contributed by atoms with Crippen LogP contribution in [0.2, 0.25) is 0 Å². The van der Waals surface area contributed by atoms with Crippen molar-refractivity contribution in [3.63, 3.8) is 0 Å². The monoisotopic (exact) mass is 674 g/mol. The summed E-state index contributed by atoms with van der Waals surface area (Å²) in [5.41, 5.74) is 7.23. The fourth-order valence-corrected chi connectivity index (χ4v) is 6.85. The Balaban J connectivity index is 1.13. The third-order valence-corrected chi connectivity index (χ3v) is 9.83. The average Bonchev–Trinajstić information content (AvgIpc) is 3.17. The second kappa shape index (κ2) is 14.3. The molecule has 0 aliphatic rings. The molecule has 3 aromatic carbocycles. The first-order chi connectivity index (χ1) is 24.0. The van der Waals surface area contributed by atoms with Gasteiger partial charge in [0, 0.05) is 21.9 Å². The number of hydrogen-bond acceptors (Lipinski definition) is 10. The van der Waals surface area contributed by atoms with E-state index in [2.05, 4.69) is 10.3 Å². The van der Waals surface area contributed by atoms with Crippen LogP contribution in [0, 0.1) is 16.2 Å². The molecule has 0 aliphatic carbocycles. The summed E-state index contributed by atoms with van der Waals surface area (Å²) in [5.74, 6) is 0. The minimum absolute atomic E-state index is 0.148. The van der Waals surface area contributed by atoms with E-state index in [1.54, 1.807) is 12.1 Å². The number of hydrogen-bond donors (Lipinski definition) is 4. The third kappa shape index (κ3) is 7.02. The Hall–Kier alpha value is -5.55. The van der Waals surface area contributed by atoms with Gasteiger partial charge in [0.15, 0.2) is 0 Å². The highest BCUT2D eigenvalue weighted by molar-refractivity contribution is 8.27. The van der Waals surface area contributed by atoms with E-state index in [4.69, 9.17) is 31.2 Å². The first-order valence-corrected chi connectivity index (χ1v) is 17.2. The van der Waals surface area contributed by atoms with Crippen LogP contribution in [0.3, 0.4) is 0 Å². The molecule has 0 fully saturated rings. The minimum Gasteiger partial charge on any atom is -0.303 e. The summed E-state index contributed by atoms with van der Waals surface area (Å²) in [6.45, 7) is 0. The topological polar surface area (TPSA) is 135 Å². The molecular formula is C39H30N8S2. The van der Waals surface area contributed by atoms with Gasteiger partial charge in [-0.25, -0.2) is 19.9 Å². The number of nitrogens with zero attached hydrogens (tertiary/aromatic N) is 4. The average molecular weight is 675 g/mol. The first-order valence-electron chi connectivity index (χ1n) is 15.5. The lowest BCUT2D eigenvalue weighted by Gasteiger charge is -2.17. The molecule has 0 saturated heterocycles. The standard InChI is InChI=1S/C39H30N8S2/c1-43-39(49-38(42)31-17-9-15-29(45-31)25-12-6-3-7-13-25)33-23-21-27-19-18-26-20-22-32(46-34(26)35(27)47-33)37(41)48-36(40)30-16-8-14-28(44-30)24-10-4-2-5-11-24/h2-23,39-43H,1H3. The van der Waals surface area contributed by atoms with Gasteiger partial charge in [-0.1, -0.05) is 109 Å². The molecule has 4 N–H and O–H groups in total. The van der Waals surface area contributed by atoms with Crippen molar-refractivity contribution in [3.8, 4) is 22.5 Å². The minimum atomic E-state index is -0.314. The number of benzene rings is 3. The molecule has 4 heterocycles. The molecule has 4 aromatic heterocycles. The third-order valence-electron chi connectivity index (χ3n) is 7.85. The van der Waals surface area contributed by atoms with Crippen LogP contribution in [-0.2, 0) is 0 Å². The fraction of sp³-hybridized carbons (Fsp3) is 0.0513. The van der Waals surface area contributed by atoms with Gasteiger partial charge in [-0.15, -0.1) is 0 Å². The maximum absolute atomic E-state index is 8.89. The van der Waals surface area contributed by atoms with Gasteiger partial charge in [0.1, 0.15) is 20.5 Å². The maximum Gasteiger partial charge on any atom is 0.119 e. The zero-order valence-electron chi connectivity index (χ0n) is 26.4. The first kappa shape index (κ1) is 32.0. The molecule has 1 atom stereocenters. The predicted octanol–water partition coefficient (Wildman–Crippen LogP) is 8.97. The number of fused-ring (bicyclic) bond motifs is 3. The Morgan fingerprint density at radius 1 is 0.510 bits per heavy atom. The molecule has 8 nitrogen and oxygen atoms in total. The number of aromatic nitrogens is 4. The summed E-state index contributed by atoms with van der Waals surface area (Å²) >= 11 is 2.36. The lowest BCUT2D eigenvalue weighted by molar-refractivity contribution is 0.776.